The molecule has 0 atom stereocenters. The number of nitrogens with zero attached hydrogens (tertiary/aromatic N) is 3. The smallest absolute Gasteiger partial charge is 0.331 e. The van der Waals surface area contributed by atoms with Crippen LogP contribution in [0.25, 0.3) is 0 Å². The first-order chi connectivity index (χ1) is 9.43. The highest BCUT2D eigenvalue weighted by molar-refractivity contribution is 5.38. The van der Waals surface area contributed by atoms with Crippen molar-refractivity contribution in [1.29, 1.82) is 5.26 Å². The van der Waals surface area contributed by atoms with Gasteiger partial charge in [0.2, 0.25) is 0 Å². The van der Waals surface area contributed by atoms with Crippen molar-refractivity contribution in [3.05, 3.63) is 61.9 Å². The number of aromatic nitrogens is 2. The average Bonchev–Trinajstić information content (AvgIpc) is 2.42. The molecule has 0 unspecified atom stereocenters. The second-order valence-corrected chi connectivity index (χ2v) is 4.62. The van der Waals surface area contributed by atoms with Crippen LogP contribution in [0, 0.1) is 18.3 Å². The van der Waals surface area contributed by atoms with Crippen LogP contribution in [0.3, 0.4) is 0 Å². The molecule has 0 saturated carbocycles. The van der Waals surface area contributed by atoms with Crippen LogP contribution in [-0.4, -0.2) is 9.13 Å². The van der Waals surface area contributed by atoms with Crippen molar-refractivity contribution < 1.29 is 0 Å². The van der Waals surface area contributed by atoms with Gasteiger partial charge in [-0.2, -0.15) is 5.26 Å². The first-order valence-electron chi connectivity index (χ1n) is 5.99. The Kier molecular flexibility index (Phi) is 3.44. The number of anilines is 1. The molecule has 0 aliphatic carbocycles. The molecule has 102 valence electrons. The number of nitrogens with two attached hydrogens (primary N) is 1. The van der Waals surface area contributed by atoms with Crippen molar-refractivity contribution in [2.24, 2.45) is 7.05 Å². The molecule has 0 saturated heterocycles. The van der Waals surface area contributed by atoms with Crippen molar-refractivity contribution in [2.75, 3.05) is 5.73 Å². The molecule has 0 bridgehead atoms. The largest absolute Gasteiger partial charge is 0.393 e. The van der Waals surface area contributed by atoms with Gasteiger partial charge in [-0.05, 0) is 30.2 Å². The molecular formula is C14H14N4O2. The Morgan fingerprint density at radius 2 is 2.05 bits per heavy atom. The van der Waals surface area contributed by atoms with Crippen LogP contribution in [0.1, 0.15) is 16.7 Å². The van der Waals surface area contributed by atoms with Gasteiger partial charge in [-0.15, -0.1) is 0 Å². The summed E-state index contributed by atoms with van der Waals surface area (Å²) in [5.74, 6) is 0. The zero-order valence-electron chi connectivity index (χ0n) is 11.3. The molecule has 2 aromatic rings. The molecule has 0 radical (unpaired) electrons. The Balaban J connectivity index is 2.54. The van der Waals surface area contributed by atoms with Crippen LogP contribution in [0.15, 0.2) is 34.0 Å². The third-order valence-electron chi connectivity index (χ3n) is 3.16. The van der Waals surface area contributed by atoms with E-state index in [1.165, 1.54) is 10.8 Å². The monoisotopic (exact) mass is 270 g/mol. The van der Waals surface area contributed by atoms with E-state index < -0.39 is 11.2 Å². The highest BCUT2D eigenvalue weighted by Gasteiger charge is 2.09. The minimum atomic E-state index is -0.503. The first kappa shape index (κ1) is 13.6. The maximum atomic E-state index is 12.0. The number of rotatable bonds is 2. The van der Waals surface area contributed by atoms with Gasteiger partial charge in [0.1, 0.15) is 5.69 Å². The fraction of sp³-hybridized carbons (Fsp3) is 0.214. The normalized spacial score (nSPS) is 10.2. The lowest BCUT2D eigenvalue weighted by atomic mass is 10.1. The Morgan fingerprint density at radius 3 is 2.65 bits per heavy atom. The number of aryl methyl sites for hydroxylation is 2. The summed E-state index contributed by atoms with van der Waals surface area (Å²) < 4.78 is 2.36. The maximum absolute atomic E-state index is 12.0. The van der Waals surface area contributed by atoms with E-state index in [9.17, 15) is 9.59 Å². The number of hydrogen-bond acceptors (Lipinski definition) is 4. The maximum Gasteiger partial charge on any atom is 0.331 e. The van der Waals surface area contributed by atoms with Gasteiger partial charge in [0.25, 0.3) is 5.56 Å². The van der Waals surface area contributed by atoms with Gasteiger partial charge in [0.05, 0.1) is 18.2 Å². The van der Waals surface area contributed by atoms with E-state index in [1.807, 2.05) is 13.0 Å². The standard InChI is InChI=1S/C14H14N4O2/c1-9-5-10(6-15)3-4-11(9)7-18-13(19)12(16)8-17(2)14(18)20/h3-5,8H,7,16H2,1-2H3. The SMILES string of the molecule is Cc1cc(C#N)ccc1Cn1c(=O)c(N)cn(C)c1=O. The minimum Gasteiger partial charge on any atom is -0.393 e. The van der Waals surface area contributed by atoms with E-state index >= 15 is 0 Å². The van der Waals surface area contributed by atoms with Crippen molar-refractivity contribution in [3.8, 4) is 6.07 Å². The Labute approximate surface area is 115 Å². The summed E-state index contributed by atoms with van der Waals surface area (Å²) >= 11 is 0. The summed E-state index contributed by atoms with van der Waals surface area (Å²) in [7, 11) is 1.54. The fourth-order valence-electron chi connectivity index (χ4n) is 2.00. The molecule has 1 aromatic carbocycles. The zero-order valence-corrected chi connectivity index (χ0v) is 11.3. The molecule has 0 aliphatic rings. The Morgan fingerprint density at radius 1 is 1.35 bits per heavy atom. The molecule has 20 heavy (non-hydrogen) atoms. The summed E-state index contributed by atoms with van der Waals surface area (Å²) in [5, 5.41) is 8.83. The van der Waals surface area contributed by atoms with Crippen molar-refractivity contribution in [1.82, 2.24) is 9.13 Å². The number of nitrogen functional groups attached to an aromatic ring is 1. The van der Waals surface area contributed by atoms with Crippen LogP contribution >= 0.6 is 0 Å². The number of nitriles is 1. The van der Waals surface area contributed by atoms with Crippen LogP contribution < -0.4 is 17.0 Å². The molecule has 0 aliphatic heterocycles. The summed E-state index contributed by atoms with van der Waals surface area (Å²) in [6, 6.07) is 7.16. The third-order valence-corrected chi connectivity index (χ3v) is 3.16. The average molecular weight is 270 g/mol. The van der Waals surface area contributed by atoms with Crippen molar-refractivity contribution >= 4 is 5.69 Å². The van der Waals surface area contributed by atoms with Gasteiger partial charge in [0.15, 0.2) is 0 Å². The predicted octanol–water partition coefficient (Wildman–Crippen LogP) is 0.358. The summed E-state index contributed by atoms with van der Waals surface area (Å²) in [6.07, 6.45) is 1.31. The zero-order chi connectivity index (χ0) is 14.9. The van der Waals surface area contributed by atoms with E-state index in [0.29, 0.717) is 5.56 Å². The number of hydrogen-bond donors (Lipinski definition) is 1. The quantitative estimate of drug-likeness (QED) is 0.852. The van der Waals surface area contributed by atoms with Crippen LogP contribution in [0.4, 0.5) is 5.69 Å². The fourth-order valence-corrected chi connectivity index (χ4v) is 2.00. The van der Waals surface area contributed by atoms with E-state index in [1.54, 1.807) is 25.2 Å². The molecule has 1 aromatic heterocycles. The van der Waals surface area contributed by atoms with Gasteiger partial charge < -0.3 is 10.3 Å². The first-order valence-corrected chi connectivity index (χ1v) is 5.99. The van der Waals surface area contributed by atoms with Gasteiger partial charge in [-0.1, -0.05) is 6.07 Å². The summed E-state index contributed by atoms with van der Waals surface area (Å²) in [5.41, 5.74) is 6.88. The molecule has 0 fully saturated rings. The molecule has 0 spiro atoms. The van der Waals surface area contributed by atoms with E-state index in [0.717, 1.165) is 15.7 Å². The molecule has 6 heteroatoms. The predicted molar refractivity (Wildman–Crippen MR) is 75.4 cm³/mol. The van der Waals surface area contributed by atoms with E-state index in [4.69, 9.17) is 11.0 Å². The second-order valence-electron chi connectivity index (χ2n) is 4.62. The van der Waals surface area contributed by atoms with E-state index in [2.05, 4.69) is 0 Å². The topological polar surface area (TPSA) is 93.8 Å². The number of benzene rings is 1. The lowest BCUT2D eigenvalue weighted by Crippen LogP contribution is -2.40. The van der Waals surface area contributed by atoms with Crippen LogP contribution in [-0.2, 0) is 13.6 Å². The van der Waals surface area contributed by atoms with Gasteiger partial charge in [0, 0.05) is 13.2 Å². The lowest BCUT2D eigenvalue weighted by Gasteiger charge is -2.10. The van der Waals surface area contributed by atoms with Crippen LogP contribution in [0.5, 0.6) is 0 Å². The molecule has 0 amide bonds. The minimum absolute atomic E-state index is 0.0263. The van der Waals surface area contributed by atoms with E-state index in [-0.39, 0.29) is 12.2 Å². The van der Waals surface area contributed by atoms with Gasteiger partial charge in [-0.3, -0.25) is 9.36 Å². The lowest BCUT2D eigenvalue weighted by molar-refractivity contribution is 0.641. The third kappa shape index (κ3) is 2.34. The van der Waals surface area contributed by atoms with Gasteiger partial charge >= 0.3 is 5.69 Å². The molecular weight excluding hydrogens is 256 g/mol. The highest BCUT2D eigenvalue weighted by Crippen LogP contribution is 2.11. The van der Waals surface area contributed by atoms with Crippen molar-refractivity contribution in [3.63, 3.8) is 0 Å². The molecule has 2 N–H and O–H groups in total. The molecule has 1 heterocycles. The molecule has 2 rings (SSSR count). The second kappa shape index (κ2) is 5.05. The van der Waals surface area contributed by atoms with Crippen LogP contribution in [0.2, 0.25) is 0 Å². The Hall–Kier alpha value is -2.81. The van der Waals surface area contributed by atoms with Gasteiger partial charge in [-0.25, -0.2) is 4.79 Å². The van der Waals surface area contributed by atoms with Crippen molar-refractivity contribution in [2.45, 2.75) is 13.5 Å². The summed E-state index contributed by atoms with van der Waals surface area (Å²) in [4.78, 5) is 24.0. The molecule has 6 nitrogen and oxygen atoms in total. The highest BCUT2D eigenvalue weighted by atomic mass is 16.2. The Bertz CT molecular complexity index is 790. The summed E-state index contributed by atoms with van der Waals surface area (Å²) in [6.45, 7) is 1.96.